The number of rotatable bonds is 7. The Morgan fingerprint density at radius 2 is 1.74 bits per heavy atom. The summed E-state index contributed by atoms with van der Waals surface area (Å²) in [5.41, 5.74) is 0.847. The number of hydrogen-bond acceptors (Lipinski definition) is 6. The first-order chi connectivity index (χ1) is 15.8. The molecule has 0 aliphatic carbocycles. The quantitative estimate of drug-likeness (QED) is 0.550. The lowest BCUT2D eigenvalue weighted by atomic mass is 9.77. The molecule has 0 saturated carbocycles. The first kappa shape index (κ1) is 26.2. The van der Waals surface area contributed by atoms with E-state index in [1.54, 1.807) is 12.1 Å². The number of carbonyl (C=O) groups excluding carboxylic acids is 1. The molecule has 0 aromatic heterocycles. The molecular weight excluding hydrogens is 479 g/mol. The molecule has 1 amide bonds. The van der Waals surface area contributed by atoms with Gasteiger partial charge in [0.1, 0.15) is 11.5 Å². The van der Waals surface area contributed by atoms with Crippen LogP contribution in [0.2, 0.25) is 5.02 Å². The van der Waals surface area contributed by atoms with Crippen molar-refractivity contribution in [1.29, 1.82) is 0 Å². The van der Waals surface area contributed by atoms with Crippen LogP contribution in [0.3, 0.4) is 0 Å². The largest absolute Gasteiger partial charge is 0.492 e. The van der Waals surface area contributed by atoms with Gasteiger partial charge in [0, 0.05) is 6.54 Å². The van der Waals surface area contributed by atoms with Crippen LogP contribution < -0.4 is 10.5 Å². The summed E-state index contributed by atoms with van der Waals surface area (Å²) in [6.07, 6.45) is 1.12. The number of alkyl carbamates (subject to hydrolysis) is 1. The van der Waals surface area contributed by atoms with Crippen LogP contribution >= 0.6 is 11.6 Å². The molecule has 1 aliphatic heterocycles. The molecule has 0 atom stereocenters. The summed E-state index contributed by atoms with van der Waals surface area (Å²) in [6, 6.07) is 13.7. The third-order valence-electron chi connectivity index (χ3n) is 5.82. The fourth-order valence-corrected chi connectivity index (χ4v) is 4.30. The smallest absolute Gasteiger partial charge is 0.445 e. The van der Waals surface area contributed by atoms with Gasteiger partial charge in [-0.05, 0) is 56.4 Å². The number of primary sulfonamides is 1. The molecule has 3 N–H and O–H groups in total. The number of sulfonamides is 1. The van der Waals surface area contributed by atoms with Gasteiger partial charge in [-0.15, -0.1) is 0 Å². The molecule has 1 heterocycles. The number of amides is 1. The van der Waals surface area contributed by atoms with Crippen LogP contribution in [-0.2, 0) is 30.7 Å². The molecule has 1 fully saturated rings. The van der Waals surface area contributed by atoms with Crippen molar-refractivity contribution in [3.63, 3.8) is 0 Å². The second-order valence-corrected chi connectivity index (χ2v) is 10.9. The van der Waals surface area contributed by atoms with E-state index in [4.69, 9.17) is 30.8 Å². The van der Waals surface area contributed by atoms with E-state index in [0.29, 0.717) is 11.0 Å². The maximum Gasteiger partial charge on any atom is 0.492 e. The SMILES string of the molecule is CC1(C)OB(C(=Cc2ccc(S(N)(=O)=O)c(Cl)c2)CNC(=O)OCc2ccccc2)OC1(C)C. The molecule has 1 aliphatic rings. The highest BCUT2D eigenvalue weighted by atomic mass is 35.5. The monoisotopic (exact) mass is 506 g/mol. The van der Waals surface area contributed by atoms with Crippen LogP contribution in [0.25, 0.3) is 6.08 Å². The molecule has 0 spiro atoms. The Kier molecular flexibility index (Phi) is 7.79. The van der Waals surface area contributed by atoms with E-state index >= 15 is 0 Å². The van der Waals surface area contributed by atoms with Gasteiger partial charge in [-0.1, -0.05) is 54.1 Å². The summed E-state index contributed by atoms with van der Waals surface area (Å²) < 4.78 is 40.9. The van der Waals surface area contributed by atoms with Crippen molar-refractivity contribution in [3.8, 4) is 0 Å². The Bertz CT molecular complexity index is 1170. The summed E-state index contributed by atoms with van der Waals surface area (Å²) in [5.74, 6) is 0. The van der Waals surface area contributed by atoms with Gasteiger partial charge in [-0.3, -0.25) is 0 Å². The summed E-state index contributed by atoms with van der Waals surface area (Å²) in [5, 5.41) is 7.89. The Morgan fingerprint density at radius 3 is 2.29 bits per heavy atom. The molecule has 8 nitrogen and oxygen atoms in total. The second-order valence-electron chi connectivity index (χ2n) is 8.96. The van der Waals surface area contributed by atoms with Crippen LogP contribution in [0.15, 0.2) is 58.9 Å². The van der Waals surface area contributed by atoms with E-state index in [2.05, 4.69) is 5.32 Å². The van der Waals surface area contributed by atoms with Gasteiger partial charge in [0.25, 0.3) is 0 Å². The Hall–Kier alpha value is -2.37. The normalized spacial score (nSPS) is 17.5. The fraction of sp³-hybridized carbons (Fsp3) is 0.348. The fourth-order valence-electron chi connectivity index (χ4n) is 3.20. The van der Waals surface area contributed by atoms with E-state index in [1.165, 1.54) is 12.1 Å². The Balaban J connectivity index is 1.80. The highest BCUT2D eigenvalue weighted by Gasteiger charge is 2.52. The summed E-state index contributed by atoms with van der Waals surface area (Å²) >= 11 is 6.13. The molecule has 0 bridgehead atoms. The third kappa shape index (κ3) is 6.40. The van der Waals surface area contributed by atoms with Crippen molar-refractivity contribution < 1.29 is 27.3 Å². The zero-order chi connectivity index (χ0) is 25.1. The van der Waals surface area contributed by atoms with Gasteiger partial charge < -0.3 is 19.4 Å². The number of nitrogens with one attached hydrogen (secondary N) is 1. The minimum absolute atomic E-state index is 0.0141. The molecule has 34 heavy (non-hydrogen) atoms. The van der Waals surface area contributed by atoms with Gasteiger partial charge >= 0.3 is 13.2 Å². The Morgan fingerprint density at radius 1 is 1.12 bits per heavy atom. The zero-order valence-corrected chi connectivity index (χ0v) is 21.1. The van der Waals surface area contributed by atoms with Crippen LogP contribution in [-0.4, -0.2) is 39.4 Å². The van der Waals surface area contributed by atoms with E-state index in [9.17, 15) is 13.2 Å². The summed E-state index contributed by atoms with van der Waals surface area (Å²) in [4.78, 5) is 12.1. The van der Waals surface area contributed by atoms with Gasteiger partial charge in [0.2, 0.25) is 10.0 Å². The van der Waals surface area contributed by atoms with Crippen molar-refractivity contribution in [2.45, 2.75) is 50.4 Å². The van der Waals surface area contributed by atoms with Gasteiger partial charge in [0.15, 0.2) is 0 Å². The van der Waals surface area contributed by atoms with Gasteiger partial charge in [-0.2, -0.15) is 0 Å². The number of hydrogen-bond donors (Lipinski definition) is 2. The summed E-state index contributed by atoms with van der Waals surface area (Å²) in [7, 11) is -4.71. The van der Waals surface area contributed by atoms with E-state index in [-0.39, 0.29) is 23.1 Å². The standard InChI is InChI=1S/C23H28BClN2O6S/c1-22(2)23(3,4)33-24(32-22)18(12-17-10-11-20(19(25)13-17)34(26,29)30)14-27-21(28)31-15-16-8-6-5-7-9-16/h5-13H,14-15H2,1-4H3,(H,27,28)(H2,26,29,30). The van der Waals surface area contributed by atoms with Crippen molar-refractivity contribution in [3.05, 3.63) is 70.2 Å². The minimum atomic E-state index is -3.95. The predicted molar refractivity (Wildman–Crippen MR) is 132 cm³/mol. The molecule has 0 radical (unpaired) electrons. The molecule has 11 heteroatoms. The number of benzene rings is 2. The molecule has 3 rings (SSSR count). The molecule has 2 aromatic rings. The minimum Gasteiger partial charge on any atom is -0.445 e. The first-order valence-corrected chi connectivity index (χ1v) is 12.5. The third-order valence-corrected chi connectivity index (χ3v) is 7.21. The lowest BCUT2D eigenvalue weighted by molar-refractivity contribution is 0.00578. The number of carbonyl (C=O) groups is 1. The van der Waals surface area contributed by atoms with E-state index in [1.807, 2.05) is 58.0 Å². The van der Waals surface area contributed by atoms with Crippen molar-refractivity contribution in [2.24, 2.45) is 5.14 Å². The van der Waals surface area contributed by atoms with Crippen LogP contribution in [0.5, 0.6) is 0 Å². The highest BCUT2D eigenvalue weighted by Crippen LogP contribution is 2.39. The highest BCUT2D eigenvalue weighted by molar-refractivity contribution is 7.89. The Labute approximate surface area is 205 Å². The lowest BCUT2D eigenvalue weighted by Gasteiger charge is -2.32. The molecule has 0 unspecified atom stereocenters. The average Bonchev–Trinajstić information content (AvgIpc) is 2.96. The van der Waals surface area contributed by atoms with Crippen molar-refractivity contribution in [2.75, 3.05) is 6.54 Å². The van der Waals surface area contributed by atoms with E-state index in [0.717, 1.165) is 5.56 Å². The van der Waals surface area contributed by atoms with Crippen molar-refractivity contribution in [1.82, 2.24) is 5.32 Å². The number of halogens is 1. The van der Waals surface area contributed by atoms with Crippen LogP contribution in [0.1, 0.15) is 38.8 Å². The van der Waals surface area contributed by atoms with Crippen LogP contribution in [0, 0.1) is 0 Å². The maximum absolute atomic E-state index is 12.3. The maximum atomic E-state index is 12.3. The molecular formula is C23H28BClN2O6S. The predicted octanol–water partition coefficient (Wildman–Crippen LogP) is 3.93. The summed E-state index contributed by atoms with van der Waals surface area (Å²) in [6.45, 7) is 7.88. The average molecular weight is 507 g/mol. The van der Waals surface area contributed by atoms with Gasteiger partial charge in [0.05, 0.1) is 16.2 Å². The second kappa shape index (κ2) is 10.1. The van der Waals surface area contributed by atoms with E-state index < -0.39 is 34.4 Å². The topological polar surface area (TPSA) is 117 Å². The number of ether oxygens (including phenoxy) is 1. The van der Waals surface area contributed by atoms with Gasteiger partial charge in [-0.25, -0.2) is 18.4 Å². The lowest BCUT2D eigenvalue weighted by Crippen LogP contribution is -2.41. The zero-order valence-electron chi connectivity index (χ0n) is 19.5. The molecule has 182 valence electrons. The molecule has 2 aromatic carbocycles. The van der Waals surface area contributed by atoms with Crippen molar-refractivity contribution >= 4 is 40.9 Å². The molecule has 1 saturated heterocycles. The number of nitrogens with two attached hydrogens (primary N) is 1. The first-order valence-electron chi connectivity index (χ1n) is 10.6. The van der Waals surface area contributed by atoms with Crippen LogP contribution in [0.4, 0.5) is 4.79 Å².